The minimum Gasteiger partial charge on any atom is -0.481 e. The Morgan fingerprint density at radius 3 is 1.96 bits per heavy atom. The van der Waals surface area contributed by atoms with Gasteiger partial charge in [-0.2, -0.15) is 0 Å². The normalized spacial score (nSPS) is 14.0. The van der Waals surface area contributed by atoms with Crippen molar-refractivity contribution in [2.45, 2.75) is 44.8 Å². The van der Waals surface area contributed by atoms with Crippen LogP contribution in [0.15, 0.2) is 0 Å². The van der Waals surface area contributed by atoms with Crippen LogP contribution in [0.1, 0.15) is 26.7 Å². The van der Waals surface area contributed by atoms with Crippen molar-refractivity contribution >= 4 is 29.7 Å². The average molecular weight is 390 g/mol. The van der Waals surface area contributed by atoms with Crippen LogP contribution in [0.5, 0.6) is 0 Å². The Hall–Kier alpha value is -2.73. The van der Waals surface area contributed by atoms with Crippen LogP contribution in [-0.4, -0.2) is 76.3 Å². The van der Waals surface area contributed by atoms with Crippen LogP contribution in [-0.2, 0) is 24.0 Å². The van der Waals surface area contributed by atoms with E-state index < -0.39 is 73.3 Å². The van der Waals surface area contributed by atoms with E-state index in [2.05, 4.69) is 16.0 Å². The molecule has 12 heteroatoms. The van der Waals surface area contributed by atoms with Crippen LogP contribution in [0.4, 0.5) is 0 Å². The monoisotopic (exact) mass is 390 g/mol. The maximum absolute atomic E-state index is 12.5. The second kappa shape index (κ2) is 11.8. The quantitative estimate of drug-likeness (QED) is 0.181. The number of rotatable bonds is 12. The third kappa shape index (κ3) is 9.51. The van der Waals surface area contributed by atoms with Crippen molar-refractivity contribution < 1.29 is 39.3 Å². The summed E-state index contributed by atoms with van der Waals surface area (Å²) in [5.74, 6) is -5.34. The summed E-state index contributed by atoms with van der Waals surface area (Å²) in [6.07, 6.45) is -0.721. The lowest BCUT2D eigenvalue weighted by atomic mass is 10.0. The number of aliphatic carboxylic acids is 2. The van der Waals surface area contributed by atoms with E-state index in [-0.39, 0.29) is 6.42 Å². The summed E-state index contributed by atoms with van der Waals surface area (Å²) in [4.78, 5) is 57.6. The van der Waals surface area contributed by atoms with Crippen molar-refractivity contribution in [1.82, 2.24) is 16.0 Å². The third-order valence-corrected chi connectivity index (χ3v) is 3.47. The van der Waals surface area contributed by atoms with Gasteiger partial charge >= 0.3 is 11.9 Å². The first-order chi connectivity index (χ1) is 12.5. The topological polar surface area (TPSA) is 208 Å². The minimum atomic E-state index is -1.31. The molecule has 3 atom stereocenters. The highest BCUT2D eigenvalue weighted by molar-refractivity contribution is 5.94. The molecule has 0 spiro atoms. The number of carbonyl (C=O) groups is 5. The molecule has 27 heavy (non-hydrogen) atoms. The number of nitrogens with two attached hydrogens (primary N) is 1. The summed E-state index contributed by atoms with van der Waals surface area (Å²) in [6, 6.07) is -3.65. The van der Waals surface area contributed by atoms with Crippen molar-refractivity contribution in [2.75, 3.05) is 13.2 Å². The van der Waals surface area contributed by atoms with E-state index >= 15 is 0 Å². The van der Waals surface area contributed by atoms with Gasteiger partial charge in [-0.1, -0.05) is 13.8 Å². The molecular formula is C15H26N4O8. The van der Waals surface area contributed by atoms with Gasteiger partial charge in [0.15, 0.2) is 0 Å². The summed E-state index contributed by atoms with van der Waals surface area (Å²) >= 11 is 0. The Bertz CT molecular complexity index is 566. The number of carbonyl (C=O) groups excluding carboxylic acids is 3. The molecule has 3 amide bonds. The Kier molecular flexibility index (Phi) is 10.6. The molecule has 0 rings (SSSR count). The van der Waals surface area contributed by atoms with Gasteiger partial charge in [0.1, 0.15) is 24.7 Å². The van der Waals surface area contributed by atoms with Crippen molar-refractivity contribution in [1.29, 1.82) is 0 Å². The lowest BCUT2D eigenvalue weighted by Gasteiger charge is -2.25. The van der Waals surface area contributed by atoms with Crippen LogP contribution in [0.2, 0.25) is 0 Å². The number of hydrogen-bond donors (Lipinski definition) is 7. The minimum absolute atomic E-state index is 0.276. The predicted molar refractivity (Wildman–Crippen MR) is 91.3 cm³/mol. The molecular weight excluding hydrogens is 364 g/mol. The Morgan fingerprint density at radius 1 is 0.926 bits per heavy atom. The van der Waals surface area contributed by atoms with Crippen molar-refractivity contribution in [3.05, 3.63) is 0 Å². The lowest BCUT2D eigenvalue weighted by Crippen LogP contribution is -2.58. The fourth-order valence-corrected chi connectivity index (χ4v) is 1.96. The first kappa shape index (κ1) is 24.3. The molecule has 0 unspecified atom stereocenters. The second-order valence-electron chi connectivity index (χ2n) is 6.12. The number of hydrogen-bond acceptors (Lipinski definition) is 7. The Balaban J connectivity index is 5.17. The van der Waals surface area contributed by atoms with Crippen molar-refractivity contribution in [2.24, 2.45) is 11.7 Å². The van der Waals surface area contributed by atoms with Gasteiger partial charge in [0.25, 0.3) is 0 Å². The van der Waals surface area contributed by atoms with E-state index in [1.54, 1.807) is 13.8 Å². The molecule has 12 nitrogen and oxygen atoms in total. The number of nitrogens with one attached hydrogen (secondary N) is 3. The van der Waals surface area contributed by atoms with E-state index in [9.17, 15) is 24.0 Å². The highest BCUT2D eigenvalue weighted by atomic mass is 16.4. The van der Waals surface area contributed by atoms with Gasteiger partial charge in [-0.25, -0.2) is 0 Å². The van der Waals surface area contributed by atoms with Crippen LogP contribution < -0.4 is 21.7 Å². The van der Waals surface area contributed by atoms with Gasteiger partial charge in [0, 0.05) is 6.42 Å². The zero-order valence-corrected chi connectivity index (χ0v) is 15.1. The maximum Gasteiger partial charge on any atom is 0.322 e. The smallest absolute Gasteiger partial charge is 0.322 e. The number of amides is 3. The fraction of sp³-hybridized carbons (Fsp3) is 0.667. The van der Waals surface area contributed by atoms with E-state index in [1.165, 1.54) is 0 Å². The maximum atomic E-state index is 12.5. The molecule has 0 aliphatic carbocycles. The molecule has 0 saturated carbocycles. The molecule has 0 radical (unpaired) electrons. The number of aliphatic hydroxyl groups excluding tert-OH is 1. The molecule has 0 aliphatic rings. The van der Waals surface area contributed by atoms with Crippen LogP contribution in [0.25, 0.3) is 0 Å². The largest absolute Gasteiger partial charge is 0.481 e. The number of carboxylic acid groups (broad SMARTS) is 2. The molecule has 0 heterocycles. The summed E-state index contributed by atoms with van der Waals surface area (Å²) in [5, 5.41) is 33.0. The van der Waals surface area contributed by atoms with Crippen molar-refractivity contribution in [3.63, 3.8) is 0 Å². The third-order valence-electron chi connectivity index (χ3n) is 3.47. The first-order valence-corrected chi connectivity index (χ1v) is 8.18. The number of carboxylic acids is 2. The standard InChI is InChI=1S/C15H26N4O8/c1-7(2)12(19-13(25)8(16)6-20)15(27)18-9(3-4-10(21)22)14(26)17-5-11(23)24/h7-9,12,20H,3-6,16H2,1-2H3,(H,17,26)(H,18,27)(H,19,25)(H,21,22)(H,23,24)/t8-,9-,12-/m0/s1. The Morgan fingerprint density at radius 2 is 1.52 bits per heavy atom. The summed E-state index contributed by atoms with van der Waals surface area (Å²) in [5.41, 5.74) is 5.38. The van der Waals surface area contributed by atoms with E-state index in [0.29, 0.717) is 0 Å². The fourth-order valence-electron chi connectivity index (χ4n) is 1.96. The van der Waals surface area contributed by atoms with Crippen LogP contribution in [0, 0.1) is 5.92 Å². The van der Waals surface area contributed by atoms with Crippen LogP contribution in [0.3, 0.4) is 0 Å². The van der Waals surface area contributed by atoms with Crippen LogP contribution >= 0.6 is 0 Å². The van der Waals surface area contributed by atoms with Gasteiger partial charge in [-0.05, 0) is 12.3 Å². The summed E-state index contributed by atoms with van der Waals surface area (Å²) in [6.45, 7) is 1.91. The van der Waals surface area contributed by atoms with E-state index in [1.807, 2.05) is 0 Å². The lowest BCUT2D eigenvalue weighted by molar-refractivity contribution is -0.140. The predicted octanol–water partition coefficient (Wildman–Crippen LogP) is -3.00. The SMILES string of the molecule is CC(C)[C@H](NC(=O)[C@@H](N)CO)C(=O)N[C@@H](CCC(=O)O)C(=O)NCC(=O)O. The zero-order chi connectivity index (χ0) is 21.1. The molecule has 0 aliphatic heterocycles. The molecule has 0 aromatic rings. The highest BCUT2D eigenvalue weighted by Crippen LogP contribution is 2.05. The van der Waals surface area contributed by atoms with Gasteiger partial charge in [0.05, 0.1) is 6.61 Å². The second-order valence-corrected chi connectivity index (χ2v) is 6.12. The highest BCUT2D eigenvalue weighted by Gasteiger charge is 2.30. The number of aliphatic hydroxyl groups is 1. The molecule has 0 aromatic carbocycles. The Labute approximate surface area is 155 Å². The van der Waals surface area contributed by atoms with Gasteiger partial charge in [0.2, 0.25) is 17.7 Å². The van der Waals surface area contributed by atoms with E-state index in [0.717, 1.165) is 0 Å². The zero-order valence-electron chi connectivity index (χ0n) is 15.1. The van der Waals surface area contributed by atoms with E-state index in [4.69, 9.17) is 21.1 Å². The summed E-state index contributed by atoms with van der Waals surface area (Å²) < 4.78 is 0. The van der Waals surface area contributed by atoms with Gasteiger partial charge < -0.3 is 37.0 Å². The average Bonchev–Trinajstić information content (AvgIpc) is 2.59. The van der Waals surface area contributed by atoms with Gasteiger partial charge in [-0.15, -0.1) is 0 Å². The van der Waals surface area contributed by atoms with Crippen molar-refractivity contribution in [3.8, 4) is 0 Å². The first-order valence-electron chi connectivity index (χ1n) is 8.18. The molecule has 8 N–H and O–H groups in total. The molecule has 0 aromatic heterocycles. The molecule has 0 bridgehead atoms. The molecule has 0 fully saturated rings. The van der Waals surface area contributed by atoms with Gasteiger partial charge in [-0.3, -0.25) is 24.0 Å². The molecule has 154 valence electrons. The molecule has 0 saturated heterocycles. The summed E-state index contributed by atoms with van der Waals surface area (Å²) in [7, 11) is 0.